The van der Waals surface area contributed by atoms with Crippen molar-refractivity contribution in [2.45, 2.75) is 37.6 Å². The highest BCUT2D eigenvalue weighted by Crippen LogP contribution is 2.30. The highest BCUT2D eigenvalue weighted by Gasteiger charge is 2.28. The van der Waals surface area contributed by atoms with E-state index in [4.69, 9.17) is 16.0 Å². The van der Waals surface area contributed by atoms with Gasteiger partial charge >= 0.3 is 0 Å². The minimum Gasteiger partial charge on any atom is -0.455 e. The second-order valence-corrected chi connectivity index (χ2v) is 9.52. The largest absolute Gasteiger partial charge is 0.455 e. The zero-order valence-corrected chi connectivity index (χ0v) is 19.0. The number of furan rings is 1. The van der Waals surface area contributed by atoms with Crippen LogP contribution in [0.2, 0.25) is 5.02 Å². The van der Waals surface area contributed by atoms with E-state index >= 15 is 0 Å². The Labute approximate surface area is 191 Å². The molecule has 0 aliphatic heterocycles. The van der Waals surface area contributed by atoms with Gasteiger partial charge in [-0.2, -0.15) is 18.4 Å². The van der Waals surface area contributed by atoms with E-state index in [1.54, 1.807) is 31.2 Å². The van der Waals surface area contributed by atoms with Gasteiger partial charge in [-0.05, 0) is 43.5 Å². The Morgan fingerprint density at radius 1 is 1.09 bits per heavy atom. The number of hydrogen-bond donors (Lipinski definition) is 2. The van der Waals surface area contributed by atoms with Crippen molar-refractivity contribution in [2.75, 3.05) is 0 Å². The maximum Gasteiger partial charge on any atom is 0.287 e. The van der Waals surface area contributed by atoms with Crippen LogP contribution in [-0.4, -0.2) is 20.0 Å². The monoisotopic (exact) mass is 471 g/mol. The molecule has 4 rings (SSSR count). The average Bonchev–Trinajstić information content (AvgIpc) is 3.15. The lowest BCUT2D eigenvalue weighted by Gasteiger charge is -2.14. The third-order valence-corrected chi connectivity index (χ3v) is 6.88. The number of amides is 1. The molecule has 0 fully saturated rings. The first kappa shape index (κ1) is 22.1. The number of nitrogens with one attached hydrogen (secondary N) is 2. The topological polar surface area (TPSA) is 101 Å². The van der Waals surface area contributed by atoms with Gasteiger partial charge in [0.25, 0.3) is 15.9 Å². The molecule has 0 bridgehead atoms. The van der Waals surface area contributed by atoms with Gasteiger partial charge in [-0.1, -0.05) is 48.0 Å². The molecular weight excluding hydrogens is 450 g/mol. The number of benzene rings is 2. The molecule has 1 aromatic heterocycles. The predicted molar refractivity (Wildman–Crippen MR) is 122 cm³/mol. The first-order valence-electron chi connectivity index (χ1n) is 10.1. The van der Waals surface area contributed by atoms with Crippen LogP contribution >= 0.6 is 11.6 Å². The molecule has 2 aromatic carbocycles. The molecule has 1 amide bonds. The lowest BCUT2D eigenvalue weighted by molar-refractivity contribution is 0.0920. The molecule has 0 spiro atoms. The lowest BCUT2D eigenvalue weighted by atomic mass is 9.93. The van der Waals surface area contributed by atoms with E-state index in [0.717, 1.165) is 12.0 Å². The van der Waals surface area contributed by atoms with Crippen molar-refractivity contribution in [2.24, 2.45) is 5.10 Å². The highest BCUT2D eigenvalue weighted by molar-refractivity contribution is 7.89. The maximum absolute atomic E-state index is 12.8. The minimum absolute atomic E-state index is 0.129. The van der Waals surface area contributed by atoms with Crippen LogP contribution in [0.4, 0.5) is 0 Å². The number of nitrogens with zero attached hydrogens (tertiary/aromatic N) is 1. The van der Waals surface area contributed by atoms with Crippen LogP contribution < -0.4 is 10.1 Å². The molecule has 1 heterocycles. The normalized spacial score (nSPS) is 14.8. The van der Waals surface area contributed by atoms with E-state index in [0.29, 0.717) is 40.5 Å². The van der Waals surface area contributed by atoms with Crippen molar-refractivity contribution in [3.05, 3.63) is 87.8 Å². The Bertz CT molecular complexity index is 1280. The molecule has 32 heavy (non-hydrogen) atoms. The zero-order valence-electron chi connectivity index (χ0n) is 17.4. The molecule has 7 nitrogen and oxygen atoms in total. The summed E-state index contributed by atoms with van der Waals surface area (Å²) in [6.45, 7) is 2.04. The number of carbonyl (C=O) groups excluding carboxylic acids is 1. The van der Waals surface area contributed by atoms with E-state index in [9.17, 15) is 13.2 Å². The van der Waals surface area contributed by atoms with Gasteiger partial charge in [-0.3, -0.25) is 4.79 Å². The lowest BCUT2D eigenvalue weighted by Crippen LogP contribution is -2.24. The predicted octanol–water partition coefficient (Wildman–Crippen LogP) is 4.19. The second-order valence-electron chi connectivity index (χ2n) is 7.45. The molecule has 2 N–H and O–H groups in total. The van der Waals surface area contributed by atoms with Crippen LogP contribution in [0.3, 0.4) is 0 Å². The summed E-state index contributed by atoms with van der Waals surface area (Å²) in [4.78, 5) is 15.2. The summed E-state index contributed by atoms with van der Waals surface area (Å²) < 4.78 is 30.9. The fourth-order valence-corrected chi connectivity index (χ4v) is 4.72. The van der Waals surface area contributed by atoms with E-state index < -0.39 is 10.0 Å². The van der Waals surface area contributed by atoms with Gasteiger partial charge in [0.15, 0.2) is 5.76 Å². The molecule has 0 unspecified atom stereocenters. The van der Waals surface area contributed by atoms with Crippen molar-refractivity contribution in [3.8, 4) is 0 Å². The molecule has 1 aliphatic rings. The van der Waals surface area contributed by atoms with Gasteiger partial charge in [-0.15, -0.1) is 0 Å². The summed E-state index contributed by atoms with van der Waals surface area (Å²) in [5, 5.41) is 7.58. The Morgan fingerprint density at radius 2 is 1.81 bits per heavy atom. The van der Waals surface area contributed by atoms with Gasteiger partial charge in [0, 0.05) is 29.1 Å². The van der Waals surface area contributed by atoms with Crippen LogP contribution in [-0.2, 0) is 23.0 Å². The standard InChI is InChI=1S/C23H22ClN3O4S/c1-15-21-19(26-27-32(29,30)17-9-3-2-4-10-17)12-7-13-20(21)31-22(15)23(28)25-14-16-8-5-6-11-18(16)24/h2-6,8-11,27H,7,12-14H2,1H3,(H,25,28)/b26-19+. The number of sulfonamides is 1. The van der Waals surface area contributed by atoms with Gasteiger partial charge < -0.3 is 9.73 Å². The van der Waals surface area contributed by atoms with Crippen LogP contribution in [0.5, 0.6) is 0 Å². The quantitative estimate of drug-likeness (QED) is 0.526. The third kappa shape index (κ3) is 4.56. The molecule has 0 saturated carbocycles. The maximum atomic E-state index is 12.8. The number of aryl methyl sites for hydroxylation is 1. The summed E-state index contributed by atoms with van der Waals surface area (Å²) >= 11 is 6.16. The van der Waals surface area contributed by atoms with Gasteiger partial charge in [0.1, 0.15) is 5.76 Å². The number of fused-ring (bicyclic) bond motifs is 1. The van der Waals surface area contributed by atoms with E-state index in [1.165, 1.54) is 12.1 Å². The van der Waals surface area contributed by atoms with E-state index in [1.807, 2.05) is 18.2 Å². The summed E-state index contributed by atoms with van der Waals surface area (Å²) in [7, 11) is -3.79. The van der Waals surface area contributed by atoms with Crippen molar-refractivity contribution < 1.29 is 17.6 Å². The fourth-order valence-electron chi connectivity index (χ4n) is 3.66. The third-order valence-electron chi connectivity index (χ3n) is 5.28. The number of halogens is 1. The number of hydrazone groups is 1. The molecular formula is C23H22ClN3O4S. The first-order chi connectivity index (χ1) is 15.4. The molecule has 0 atom stereocenters. The van der Waals surface area contributed by atoms with Gasteiger partial charge in [-0.25, -0.2) is 0 Å². The molecule has 9 heteroatoms. The molecule has 166 valence electrons. The SMILES string of the molecule is Cc1c(C(=O)NCc2ccccc2Cl)oc2c1/C(=N/NS(=O)(=O)c1ccccc1)CCC2. The fraction of sp³-hybridized carbons (Fsp3) is 0.217. The molecule has 0 radical (unpaired) electrons. The van der Waals surface area contributed by atoms with Crippen LogP contribution in [0.1, 0.15) is 45.8 Å². The summed E-state index contributed by atoms with van der Waals surface area (Å²) in [5.41, 5.74) is 2.68. The summed E-state index contributed by atoms with van der Waals surface area (Å²) in [5.74, 6) is 0.470. The van der Waals surface area contributed by atoms with Crippen molar-refractivity contribution in [3.63, 3.8) is 0 Å². The van der Waals surface area contributed by atoms with Gasteiger partial charge in [0.05, 0.1) is 10.6 Å². The number of hydrogen-bond acceptors (Lipinski definition) is 5. The van der Waals surface area contributed by atoms with Crippen LogP contribution in [0, 0.1) is 6.92 Å². The number of rotatable bonds is 6. The molecule has 0 saturated heterocycles. The van der Waals surface area contributed by atoms with E-state index in [-0.39, 0.29) is 23.1 Å². The zero-order chi connectivity index (χ0) is 22.7. The van der Waals surface area contributed by atoms with Crippen LogP contribution in [0.25, 0.3) is 0 Å². The minimum atomic E-state index is -3.79. The average molecular weight is 472 g/mol. The number of carbonyl (C=O) groups is 1. The second kappa shape index (κ2) is 9.18. The first-order valence-corrected chi connectivity index (χ1v) is 12.0. The highest BCUT2D eigenvalue weighted by atomic mass is 35.5. The van der Waals surface area contributed by atoms with Crippen molar-refractivity contribution in [1.29, 1.82) is 0 Å². The molecule has 1 aliphatic carbocycles. The van der Waals surface area contributed by atoms with Crippen molar-refractivity contribution >= 4 is 33.2 Å². The Hall–Kier alpha value is -3.10. The molecule has 3 aromatic rings. The Morgan fingerprint density at radius 3 is 2.56 bits per heavy atom. The van der Waals surface area contributed by atoms with Crippen LogP contribution in [0.15, 0.2) is 69.0 Å². The van der Waals surface area contributed by atoms with Gasteiger partial charge in [0.2, 0.25) is 0 Å². The Balaban J connectivity index is 1.55. The summed E-state index contributed by atoms with van der Waals surface area (Å²) in [6, 6.07) is 15.3. The smallest absolute Gasteiger partial charge is 0.287 e. The Kier molecular flexibility index (Phi) is 6.34. The van der Waals surface area contributed by atoms with E-state index in [2.05, 4.69) is 15.2 Å². The van der Waals surface area contributed by atoms with Crippen molar-refractivity contribution in [1.82, 2.24) is 10.1 Å². The summed E-state index contributed by atoms with van der Waals surface area (Å²) in [6.07, 6.45) is 1.97.